The van der Waals surface area contributed by atoms with Gasteiger partial charge in [0.15, 0.2) is 0 Å². The molecule has 3 rings (SSSR count). The number of carbonyl (C=O) groups excluding carboxylic acids is 2. The van der Waals surface area contributed by atoms with E-state index >= 15 is 0 Å². The third-order valence-electron chi connectivity index (χ3n) is 4.92. The van der Waals surface area contributed by atoms with Crippen molar-refractivity contribution in [1.82, 2.24) is 9.80 Å². The van der Waals surface area contributed by atoms with Crippen LogP contribution in [0.1, 0.15) is 33.2 Å². The molecule has 0 aromatic heterocycles. The number of amides is 2. The zero-order chi connectivity index (χ0) is 20.1. The van der Waals surface area contributed by atoms with Crippen molar-refractivity contribution in [1.29, 1.82) is 0 Å². The molecule has 148 valence electrons. The zero-order valence-electron chi connectivity index (χ0n) is 16.7. The Morgan fingerprint density at radius 2 is 1.64 bits per heavy atom. The number of aryl methyl sites for hydroxylation is 1. The average molecular weight is 381 g/mol. The van der Waals surface area contributed by atoms with E-state index in [1.807, 2.05) is 30.9 Å². The van der Waals surface area contributed by atoms with Gasteiger partial charge in [-0.05, 0) is 68.9 Å². The van der Waals surface area contributed by atoms with E-state index in [0.717, 1.165) is 37.5 Å². The molecular formula is C22H27N3O3. The Morgan fingerprint density at radius 3 is 2.25 bits per heavy atom. The third-order valence-corrected chi connectivity index (χ3v) is 4.92. The van der Waals surface area contributed by atoms with Gasteiger partial charge in [0.2, 0.25) is 0 Å². The van der Waals surface area contributed by atoms with Gasteiger partial charge in [0.1, 0.15) is 5.75 Å². The minimum atomic E-state index is -0.190. The van der Waals surface area contributed by atoms with Gasteiger partial charge in [-0.25, -0.2) is 0 Å². The van der Waals surface area contributed by atoms with Crippen LogP contribution in [0, 0.1) is 6.92 Å². The second-order valence-corrected chi connectivity index (χ2v) is 7.04. The predicted molar refractivity (Wildman–Crippen MR) is 110 cm³/mol. The molecule has 0 saturated carbocycles. The van der Waals surface area contributed by atoms with Crippen LogP contribution in [0.5, 0.6) is 5.75 Å². The molecule has 6 heteroatoms. The van der Waals surface area contributed by atoms with Gasteiger partial charge in [-0.3, -0.25) is 9.59 Å². The van der Waals surface area contributed by atoms with Crippen molar-refractivity contribution in [2.45, 2.75) is 13.8 Å². The quantitative estimate of drug-likeness (QED) is 0.865. The molecule has 2 amide bonds. The summed E-state index contributed by atoms with van der Waals surface area (Å²) in [6.45, 7) is 7.70. The van der Waals surface area contributed by atoms with E-state index in [1.165, 1.54) is 0 Å². The number of benzene rings is 2. The van der Waals surface area contributed by atoms with Crippen LogP contribution in [-0.2, 0) is 0 Å². The maximum atomic E-state index is 12.6. The molecule has 2 aromatic rings. The number of nitrogens with one attached hydrogen (secondary N) is 1. The van der Waals surface area contributed by atoms with Gasteiger partial charge in [0.25, 0.3) is 11.8 Å². The molecule has 1 aliphatic heterocycles. The second-order valence-electron chi connectivity index (χ2n) is 7.04. The number of hydrogen-bond acceptors (Lipinski definition) is 4. The summed E-state index contributed by atoms with van der Waals surface area (Å²) in [5.74, 6) is 0.628. The number of rotatable bonds is 5. The fraction of sp³-hybridized carbons (Fsp3) is 0.364. The number of hydrogen-bond donors (Lipinski definition) is 1. The molecule has 1 aliphatic rings. The number of piperazine rings is 1. The van der Waals surface area contributed by atoms with Crippen LogP contribution in [0.2, 0.25) is 0 Å². The maximum Gasteiger partial charge on any atom is 0.255 e. The molecule has 0 radical (unpaired) electrons. The highest BCUT2D eigenvalue weighted by atomic mass is 16.5. The first-order valence-electron chi connectivity index (χ1n) is 9.60. The Bertz CT molecular complexity index is 841. The Kier molecular flexibility index (Phi) is 6.31. The van der Waals surface area contributed by atoms with E-state index in [1.54, 1.807) is 30.3 Å². The lowest BCUT2D eigenvalue weighted by atomic mass is 10.1. The van der Waals surface area contributed by atoms with Crippen molar-refractivity contribution < 1.29 is 14.3 Å². The molecule has 0 aliphatic carbocycles. The molecular weight excluding hydrogens is 354 g/mol. The first-order valence-corrected chi connectivity index (χ1v) is 9.60. The van der Waals surface area contributed by atoms with E-state index in [4.69, 9.17) is 4.74 Å². The minimum absolute atomic E-state index is 0.0353. The van der Waals surface area contributed by atoms with Crippen LogP contribution in [0.3, 0.4) is 0 Å². The Morgan fingerprint density at radius 1 is 1.00 bits per heavy atom. The number of nitrogens with zero attached hydrogens (tertiary/aromatic N) is 2. The summed E-state index contributed by atoms with van der Waals surface area (Å²) in [7, 11) is 2.06. The second kappa shape index (κ2) is 8.89. The average Bonchev–Trinajstić information content (AvgIpc) is 2.70. The predicted octanol–water partition coefficient (Wildman–Crippen LogP) is 3.03. The molecule has 1 N–H and O–H groups in total. The topological polar surface area (TPSA) is 61.9 Å². The van der Waals surface area contributed by atoms with Crippen molar-refractivity contribution in [3.05, 3.63) is 59.2 Å². The highest BCUT2D eigenvalue weighted by Crippen LogP contribution is 2.20. The van der Waals surface area contributed by atoms with E-state index in [-0.39, 0.29) is 11.8 Å². The Hall–Kier alpha value is -2.86. The zero-order valence-corrected chi connectivity index (χ0v) is 16.7. The third kappa shape index (κ3) is 4.70. The van der Waals surface area contributed by atoms with E-state index < -0.39 is 0 Å². The highest BCUT2D eigenvalue weighted by molar-refractivity contribution is 6.04. The normalized spacial score (nSPS) is 14.6. The van der Waals surface area contributed by atoms with Crippen molar-refractivity contribution in [2.75, 3.05) is 45.2 Å². The molecule has 2 aromatic carbocycles. The molecule has 28 heavy (non-hydrogen) atoms. The largest absolute Gasteiger partial charge is 0.494 e. The van der Waals surface area contributed by atoms with E-state index in [9.17, 15) is 9.59 Å². The number of carbonyl (C=O) groups is 2. The maximum absolute atomic E-state index is 12.6. The lowest BCUT2D eigenvalue weighted by molar-refractivity contribution is 0.0664. The Balaban J connectivity index is 1.63. The first-order chi connectivity index (χ1) is 13.5. The van der Waals surface area contributed by atoms with E-state index in [2.05, 4.69) is 17.3 Å². The van der Waals surface area contributed by atoms with E-state index in [0.29, 0.717) is 23.4 Å². The van der Waals surface area contributed by atoms with Gasteiger partial charge in [0, 0.05) is 43.0 Å². The van der Waals surface area contributed by atoms with Gasteiger partial charge in [-0.15, -0.1) is 0 Å². The van der Waals surface area contributed by atoms with Crippen molar-refractivity contribution in [2.24, 2.45) is 0 Å². The van der Waals surface area contributed by atoms with Crippen LogP contribution in [0.25, 0.3) is 0 Å². The van der Waals surface area contributed by atoms with Crippen LogP contribution in [0.15, 0.2) is 42.5 Å². The number of likely N-dealkylation sites (N-methyl/N-ethyl adjacent to an activating group) is 1. The smallest absolute Gasteiger partial charge is 0.255 e. The monoisotopic (exact) mass is 381 g/mol. The molecule has 0 bridgehead atoms. The van der Waals surface area contributed by atoms with Crippen LogP contribution < -0.4 is 10.1 Å². The summed E-state index contributed by atoms with van der Waals surface area (Å²) in [6.07, 6.45) is 0. The number of ether oxygens (including phenoxy) is 1. The first kappa shape index (κ1) is 19.9. The van der Waals surface area contributed by atoms with Gasteiger partial charge in [0.05, 0.1) is 6.61 Å². The molecule has 1 heterocycles. The fourth-order valence-electron chi connectivity index (χ4n) is 3.20. The van der Waals surface area contributed by atoms with Crippen LogP contribution in [-0.4, -0.2) is 61.4 Å². The molecule has 0 atom stereocenters. The fourth-order valence-corrected chi connectivity index (χ4v) is 3.20. The summed E-state index contributed by atoms with van der Waals surface area (Å²) in [6, 6.07) is 12.4. The van der Waals surface area contributed by atoms with Crippen molar-refractivity contribution in [3.63, 3.8) is 0 Å². The minimum Gasteiger partial charge on any atom is -0.494 e. The summed E-state index contributed by atoms with van der Waals surface area (Å²) in [4.78, 5) is 29.2. The molecule has 0 spiro atoms. The molecule has 0 unspecified atom stereocenters. The summed E-state index contributed by atoms with van der Waals surface area (Å²) >= 11 is 0. The van der Waals surface area contributed by atoms with Gasteiger partial charge in [-0.1, -0.05) is 0 Å². The summed E-state index contributed by atoms with van der Waals surface area (Å²) in [5, 5.41) is 2.88. The van der Waals surface area contributed by atoms with Gasteiger partial charge in [-0.2, -0.15) is 0 Å². The lowest BCUT2D eigenvalue weighted by Gasteiger charge is -2.32. The van der Waals surface area contributed by atoms with Gasteiger partial charge >= 0.3 is 0 Å². The molecule has 1 saturated heterocycles. The standard InChI is InChI=1S/C22H27N3O3/c1-4-28-20-10-7-18(15-16(20)2)21(26)23-19-8-5-17(6-9-19)22(27)25-13-11-24(3)12-14-25/h5-10,15H,4,11-14H2,1-3H3,(H,23,26). The summed E-state index contributed by atoms with van der Waals surface area (Å²) in [5.41, 5.74) is 2.78. The van der Waals surface area contributed by atoms with Gasteiger partial charge < -0.3 is 19.9 Å². The van der Waals surface area contributed by atoms with Crippen molar-refractivity contribution >= 4 is 17.5 Å². The summed E-state index contributed by atoms with van der Waals surface area (Å²) < 4.78 is 5.51. The van der Waals surface area contributed by atoms with Crippen molar-refractivity contribution in [3.8, 4) is 5.75 Å². The van der Waals surface area contributed by atoms with Crippen LogP contribution in [0.4, 0.5) is 5.69 Å². The molecule has 1 fully saturated rings. The highest BCUT2D eigenvalue weighted by Gasteiger charge is 2.20. The SMILES string of the molecule is CCOc1ccc(C(=O)Nc2ccc(C(=O)N3CCN(C)CC3)cc2)cc1C. The Labute approximate surface area is 166 Å². The van der Waals surface area contributed by atoms with Crippen LogP contribution >= 0.6 is 0 Å². The molecule has 6 nitrogen and oxygen atoms in total. The number of anilines is 1. The lowest BCUT2D eigenvalue weighted by Crippen LogP contribution is -2.47.